The third-order valence-corrected chi connectivity index (χ3v) is 7.55. The van der Waals surface area contributed by atoms with Crippen LogP contribution in [0.1, 0.15) is 25.8 Å². The maximum atomic E-state index is 13.4. The SMILES string of the molecule is CC(C)C[C@@H]1C(=O)N(c2ccc(S(=O)(=O)C(F)(F)F)cc2)C(=O)N1Cc1ccnc2ccccc12.O=C(O)C(F)(F)F. The molecule has 0 aliphatic carbocycles. The van der Waals surface area contributed by atoms with E-state index in [4.69, 9.17) is 9.90 Å². The average Bonchev–Trinajstić information content (AvgIpc) is 3.11. The van der Waals surface area contributed by atoms with Crippen molar-refractivity contribution in [2.45, 2.75) is 49.4 Å². The smallest absolute Gasteiger partial charge is 0.475 e. The van der Waals surface area contributed by atoms with Gasteiger partial charge in [-0.25, -0.2) is 22.9 Å². The van der Waals surface area contributed by atoms with Crippen LogP contribution in [0.3, 0.4) is 0 Å². The first-order chi connectivity index (χ1) is 19.4. The molecule has 1 aromatic heterocycles. The molecule has 3 amide bonds. The van der Waals surface area contributed by atoms with Gasteiger partial charge in [-0.3, -0.25) is 9.78 Å². The van der Waals surface area contributed by atoms with Crippen LogP contribution in [-0.4, -0.2) is 59.0 Å². The molecule has 1 N–H and O–H groups in total. The van der Waals surface area contributed by atoms with Crippen LogP contribution in [0.15, 0.2) is 65.7 Å². The van der Waals surface area contributed by atoms with Crippen LogP contribution >= 0.6 is 0 Å². The second-order valence-corrected chi connectivity index (χ2v) is 11.4. The van der Waals surface area contributed by atoms with Crippen LogP contribution in [0.25, 0.3) is 10.9 Å². The Balaban J connectivity index is 0.000000616. The number of hydrogen-bond donors (Lipinski definition) is 1. The second kappa shape index (κ2) is 12.0. The van der Waals surface area contributed by atoms with Crippen LogP contribution < -0.4 is 4.90 Å². The molecule has 42 heavy (non-hydrogen) atoms. The first-order valence-corrected chi connectivity index (χ1v) is 13.5. The zero-order valence-electron chi connectivity index (χ0n) is 21.8. The number of aromatic nitrogens is 1. The van der Waals surface area contributed by atoms with E-state index >= 15 is 0 Å². The summed E-state index contributed by atoms with van der Waals surface area (Å²) in [5, 5.41) is 7.96. The van der Waals surface area contributed by atoms with E-state index in [1.54, 1.807) is 12.3 Å². The van der Waals surface area contributed by atoms with E-state index < -0.39 is 50.4 Å². The third kappa shape index (κ3) is 6.80. The summed E-state index contributed by atoms with van der Waals surface area (Å²) in [5.74, 6) is -3.20. The molecule has 0 radical (unpaired) electrons. The number of carboxylic acids is 1. The number of fused-ring (bicyclic) bond motifs is 1. The number of sulfone groups is 1. The Morgan fingerprint density at radius 3 is 2.07 bits per heavy atom. The molecule has 1 fully saturated rings. The number of carbonyl (C=O) groups excluding carboxylic acids is 2. The monoisotopic (exact) mass is 619 g/mol. The molecule has 1 aliphatic heterocycles. The predicted molar refractivity (Wildman–Crippen MR) is 137 cm³/mol. The van der Waals surface area contributed by atoms with Crippen LogP contribution in [-0.2, 0) is 26.0 Å². The van der Waals surface area contributed by atoms with Gasteiger partial charge in [-0.1, -0.05) is 32.0 Å². The number of hydrogen-bond acceptors (Lipinski definition) is 6. The van der Waals surface area contributed by atoms with E-state index in [0.717, 1.165) is 45.6 Å². The van der Waals surface area contributed by atoms with Gasteiger partial charge < -0.3 is 10.0 Å². The molecule has 16 heteroatoms. The number of nitrogens with zero attached hydrogens (tertiary/aromatic N) is 3. The van der Waals surface area contributed by atoms with Crippen molar-refractivity contribution in [1.82, 2.24) is 9.88 Å². The third-order valence-electron chi connectivity index (χ3n) is 6.05. The summed E-state index contributed by atoms with van der Waals surface area (Å²) in [6, 6.07) is 11.3. The van der Waals surface area contributed by atoms with E-state index in [1.807, 2.05) is 38.1 Å². The van der Waals surface area contributed by atoms with Gasteiger partial charge in [-0.2, -0.15) is 26.3 Å². The van der Waals surface area contributed by atoms with Crippen LogP contribution in [0.2, 0.25) is 0 Å². The number of anilines is 1. The molecule has 226 valence electrons. The zero-order chi connectivity index (χ0) is 31.6. The van der Waals surface area contributed by atoms with Crippen LogP contribution in [0, 0.1) is 5.92 Å². The lowest BCUT2D eigenvalue weighted by Gasteiger charge is -2.23. The number of rotatable bonds is 6. The summed E-state index contributed by atoms with van der Waals surface area (Å²) in [7, 11) is -5.55. The Labute approximate surface area is 235 Å². The molecule has 9 nitrogen and oxygen atoms in total. The number of aliphatic carboxylic acids is 1. The fourth-order valence-electron chi connectivity index (χ4n) is 4.11. The van der Waals surface area contributed by atoms with E-state index in [2.05, 4.69) is 4.98 Å². The Bertz CT molecular complexity index is 1590. The van der Waals surface area contributed by atoms with E-state index in [0.29, 0.717) is 6.42 Å². The second-order valence-electron chi connectivity index (χ2n) is 9.46. The van der Waals surface area contributed by atoms with Crippen molar-refractivity contribution in [1.29, 1.82) is 0 Å². The minimum Gasteiger partial charge on any atom is -0.475 e. The molecule has 3 aromatic rings. The van der Waals surface area contributed by atoms with Gasteiger partial charge in [0.05, 0.1) is 16.1 Å². The van der Waals surface area contributed by atoms with Gasteiger partial charge in [-0.15, -0.1) is 0 Å². The molecule has 4 rings (SSSR count). The zero-order valence-corrected chi connectivity index (χ0v) is 22.7. The Morgan fingerprint density at radius 1 is 0.976 bits per heavy atom. The van der Waals surface area contributed by atoms with Crippen molar-refractivity contribution in [3.8, 4) is 0 Å². The minimum atomic E-state index is -5.55. The minimum absolute atomic E-state index is 0.00281. The Hall–Kier alpha value is -4.21. The first kappa shape index (κ1) is 32.3. The highest BCUT2D eigenvalue weighted by Crippen LogP contribution is 2.34. The number of amides is 3. The molecule has 2 heterocycles. The summed E-state index contributed by atoms with van der Waals surface area (Å²) in [5.41, 5.74) is -3.93. The summed E-state index contributed by atoms with van der Waals surface area (Å²) in [6.45, 7) is 3.95. The van der Waals surface area contributed by atoms with Crippen molar-refractivity contribution in [2.24, 2.45) is 5.92 Å². The topological polar surface area (TPSA) is 125 Å². The molecule has 0 bridgehead atoms. The highest BCUT2D eigenvalue weighted by atomic mass is 32.2. The van der Waals surface area contributed by atoms with Crippen molar-refractivity contribution in [2.75, 3.05) is 4.90 Å². The number of halogens is 6. The van der Waals surface area contributed by atoms with Gasteiger partial charge >= 0.3 is 23.7 Å². The highest BCUT2D eigenvalue weighted by molar-refractivity contribution is 7.92. The summed E-state index contributed by atoms with van der Waals surface area (Å²) < 4.78 is 93.7. The lowest BCUT2D eigenvalue weighted by atomic mass is 10.0. The maximum absolute atomic E-state index is 13.4. The summed E-state index contributed by atoms with van der Waals surface area (Å²) in [6.07, 6.45) is -3.08. The van der Waals surface area contributed by atoms with Gasteiger partial charge in [0, 0.05) is 18.1 Å². The van der Waals surface area contributed by atoms with Crippen molar-refractivity contribution in [3.05, 3.63) is 66.4 Å². The number of carboxylic acid groups (broad SMARTS) is 1. The van der Waals surface area contributed by atoms with Crippen molar-refractivity contribution < 1.29 is 54.3 Å². The molecule has 0 unspecified atom stereocenters. The molecule has 0 saturated carbocycles. The fourth-order valence-corrected chi connectivity index (χ4v) is 4.87. The summed E-state index contributed by atoms with van der Waals surface area (Å²) in [4.78, 5) is 41.3. The molecular weight excluding hydrogens is 596 g/mol. The molecular formula is C26H23F6N3O6S. The highest BCUT2D eigenvalue weighted by Gasteiger charge is 2.48. The van der Waals surface area contributed by atoms with Gasteiger partial charge in [0.2, 0.25) is 0 Å². The normalized spacial score (nSPS) is 16.2. The molecule has 1 atom stereocenters. The predicted octanol–water partition coefficient (Wildman–Crippen LogP) is 5.55. The Kier molecular flexibility index (Phi) is 9.19. The number of para-hydroxylation sites is 1. The quantitative estimate of drug-likeness (QED) is 0.284. The number of carbonyl (C=O) groups is 3. The van der Waals surface area contributed by atoms with Crippen molar-refractivity contribution in [3.63, 3.8) is 0 Å². The fraction of sp³-hybridized carbons (Fsp3) is 0.308. The first-order valence-electron chi connectivity index (χ1n) is 12.0. The number of urea groups is 1. The lowest BCUT2D eigenvalue weighted by Crippen LogP contribution is -2.35. The number of imide groups is 1. The average molecular weight is 620 g/mol. The number of alkyl halides is 6. The van der Waals surface area contributed by atoms with E-state index in [-0.39, 0.29) is 18.2 Å². The Morgan fingerprint density at radius 2 is 1.55 bits per heavy atom. The number of pyridine rings is 1. The van der Waals surface area contributed by atoms with Crippen LogP contribution in [0.5, 0.6) is 0 Å². The van der Waals surface area contributed by atoms with E-state index in [9.17, 15) is 44.3 Å². The van der Waals surface area contributed by atoms with Crippen molar-refractivity contribution >= 4 is 44.3 Å². The molecule has 2 aromatic carbocycles. The standard InChI is InChI=1S/C24H22F3N3O4S.C2HF3O2/c1-15(2)13-21-22(31)30(17-7-9-18(10-8-17)35(33,34)24(25,26)27)23(32)29(21)14-16-11-12-28-20-6-4-3-5-19(16)20;3-2(4,5)1(6)7/h3-12,15,21H,13-14H2,1-2H3;(H,6,7)/t21-;/m1./s1. The largest absolute Gasteiger partial charge is 0.501 e. The van der Waals surface area contributed by atoms with Gasteiger partial charge in [0.15, 0.2) is 0 Å². The van der Waals surface area contributed by atoms with Crippen LogP contribution in [0.4, 0.5) is 36.8 Å². The lowest BCUT2D eigenvalue weighted by molar-refractivity contribution is -0.192. The summed E-state index contributed by atoms with van der Waals surface area (Å²) >= 11 is 0. The number of benzene rings is 2. The molecule has 1 aliphatic rings. The molecule has 1 saturated heterocycles. The molecule has 0 spiro atoms. The van der Waals surface area contributed by atoms with Gasteiger partial charge in [-0.05, 0) is 54.3 Å². The van der Waals surface area contributed by atoms with Gasteiger partial charge in [0.1, 0.15) is 6.04 Å². The maximum Gasteiger partial charge on any atom is 0.501 e. The van der Waals surface area contributed by atoms with Gasteiger partial charge in [0.25, 0.3) is 15.7 Å². The van der Waals surface area contributed by atoms with E-state index in [1.165, 1.54) is 4.90 Å².